The van der Waals surface area contributed by atoms with Gasteiger partial charge >= 0.3 is 84.9 Å². The molecule has 0 aliphatic rings. The molecule has 0 atom stereocenters. The SMILES string of the molecule is O=P(O)(O)O.[I][Sn]([I])([I])[I]. The summed E-state index contributed by atoms with van der Waals surface area (Å²) in [6.07, 6.45) is 0. The first kappa shape index (κ1) is 16.3. The normalized spacial score (nSPS) is 11.9. The molecule has 0 aliphatic carbocycles. The Bertz CT molecular complexity index is 109. The van der Waals surface area contributed by atoms with Gasteiger partial charge < -0.3 is 14.7 Å². The zero-order valence-corrected chi connectivity index (χ0v) is 16.6. The van der Waals surface area contributed by atoms with Gasteiger partial charge in [0.15, 0.2) is 0 Å². The molecule has 0 saturated heterocycles. The van der Waals surface area contributed by atoms with E-state index >= 15 is 0 Å². The Labute approximate surface area is 101 Å². The van der Waals surface area contributed by atoms with Crippen LogP contribution < -0.4 is 0 Å². The van der Waals surface area contributed by atoms with Crippen LogP contribution >= 0.6 is 82.4 Å². The van der Waals surface area contributed by atoms with Crippen LogP contribution in [0.2, 0.25) is 0 Å². The monoisotopic (exact) mass is 725 g/mol. The topological polar surface area (TPSA) is 77.8 Å². The van der Waals surface area contributed by atoms with E-state index in [0.717, 1.165) is 0 Å². The molecule has 0 bridgehead atoms. The minimum atomic E-state index is -4.64. The Morgan fingerprint density at radius 2 is 1.00 bits per heavy atom. The molecular weight excluding hydrogens is 721 g/mol. The van der Waals surface area contributed by atoms with Gasteiger partial charge in [-0.25, -0.2) is 4.57 Å². The molecule has 3 N–H and O–H groups in total. The Morgan fingerprint density at radius 3 is 1.00 bits per heavy atom. The van der Waals surface area contributed by atoms with Gasteiger partial charge in [-0.2, -0.15) is 0 Å². The van der Waals surface area contributed by atoms with Crippen LogP contribution in [0.5, 0.6) is 0 Å². The van der Waals surface area contributed by atoms with Crippen molar-refractivity contribution in [2.45, 2.75) is 0 Å². The Kier molecular flexibility index (Phi) is 11.7. The van der Waals surface area contributed by atoms with Crippen LogP contribution in [0.4, 0.5) is 0 Å². The van der Waals surface area contributed by atoms with Gasteiger partial charge in [-0.1, -0.05) is 0 Å². The zero-order valence-electron chi connectivity index (χ0n) is 4.21. The second kappa shape index (κ2) is 7.16. The second-order valence-electron chi connectivity index (χ2n) is 0.942. The van der Waals surface area contributed by atoms with Crippen LogP contribution in [-0.4, -0.2) is 17.2 Å². The summed E-state index contributed by atoms with van der Waals surface area (Å²) in [6.45, 7) is 0. The summed E-state index contributed by atoms with van der Waals surface area (Å²) in [5.41, 5.74) is 0. The summed E-state index contributed by atoms with van der Waals surface area (Å²) >= 11 is 10.2. The van der Waals surface area contributed by atoms with E-state index < -0.39 is 10.3 Å². The van der Waals surface area contributed by atoms with Gasteiger partial charge in [0.05, 0.1) is 0 Å². The molecule has 4 nitrogen and oxygen atoms in total. The van der Waals surface area contributed by atoms with Crippen LogP contribution in [0, 0.1) is 0 Å². The Balaban J connectivity index is 0. The minimum absolute atomic E-state index is 1.30. The van der Waals surface area contributed by atoms with Crippen LogP contribution in [-0.2, 0) is 4.57 Å². The van der Waals surface area contributed by atoms with Crippen LogP contribution in [0.25, 0.3) is 0 Å². The first-order chi connectivity index (χ1) is 4.00. The number of hydrogen-bond donors (Lipinski definition) is 3. The predicted octanol–water partition coefficient (Wildman–Crippen LogP) is 2.23. The van der Waals surface area contributed by atoms with Crippen molar-refractivity contribution in [2.24, 2.45) is 0 Å². The van der Waals surface area contributed by atoms with E-state index in [9.17, 15) is 0 Å². The number of hydrogen-bond acceptors (Lipinski definition) is 1. The van der Waals surface area contributed by atoms with E-state index in [1.807, 2.05) is 0 Å². The van der Waals surface area contributed by atoms with Crippen molar-refractivity contribution in [3.8, 4) is 0 Å². The summed E-state index contributed by atoms with van der Waals surface area (Å²) < 4.78 is 7.58. The third-order valence-corrected chi connectivity index (χ3v) is 0. The first-order valence-corrected chi connectivity index (χ1v) is 36.4. The van der Waals surface area contributed by atoms with Crippen LogP contribution in [0.15, 0.2) is 0 Å². The Hall–Kier alpha value is 3.83. The molecule has 0 aromatic carbocycles. The van der Waals surface area contributed by atoms with Gasteiger partial charge in [-0.15, -0.1) is 0 Å². The first-order valence-electron chi connectivity index (χ1n) is 1.54. The fourth-order valence-corrected chi connectivity index (χ4v) is 0. The van der Waals surface area contributed by atoms with E-state index in [-0.39, 0.29) is 0 Å². The van der Waals surface area contributed by atoms with Crippen LogP contribution in [0.3, 0.4) is 0 Å². The van der Waals surface area contributed by atoms with Crippen molar-refractivity contribution in [3.05, 3.63) is 0 Å². The third-order valence-electron chi connectivity index (χ3n) is 0. The molecule has 0 aromatic heterocycles. The molecular formula is H3I4O4PSn. The van der Waals surface area contributed by atoms with Gasteiger partial charge in [0.25, 0.3) is 0 Å². The van der Waals surface area contributed by atoms with E-state index in [2.05, 4.69) is 74.5 Å². The maximum absolute atomic E-state index is 8.88. The van der Waals surface area contributed by atoms with Gasteiger partial charge in [0.2, 0.25) is 0 Å². The maximum atomic E-state index is 8.88. The van der Waals surface area contributed by atoms with Crippen molar-refractivity contribution in [1.82, 2.24) is 0 Å². The second-order valence-corrected chi connectivity index (χ2v) is 131. The summed E-state index contributed by atoms with van der Waals surface area (Å²) in [6, 6.07) is 0. The van der Waals surface area contributed by atoms with E-state index in [0.29, 0.717) is 0 Å². The molecule has 0 unspecified atom stereocenters. The quantitative estimate of drug-likeness (QED) is 0.204. The summed E-state index contributed by atoms with van der Waals surface area (Å²) in [7, 11) is -4.64. The van der Waals surface area contributed by atoms with Crippen molar-refractivity contribution in [2.75, 3.05) is 0 Å². The molecule has 0 amide bonds. The summed E-state index contributed by atoms with van der Waals surface area (Å²) in [4.78, 5) is 21.6. The molecule has 0 aromatic rings. The average Bonchev–Trinajstić information content (AvgIpc) is 1.12. The van der Waals surface area contributed by atoms with E-state index in [1.165, 1.54) is 0 Å². The number of rotatable bonds is 0. The van der Waals surface area contributed by atoms with Gasteiger partial charge in [0.1, 0.15) is 0 Å². The van der Waals surface area contributed by atoms with Crippen molar-refractivity contribution >= 4 is 84.9 Å². The van der Waals surface area contributed by atoms with Gasteiger partial charge in [0, 0.05) is 0 Å². The predicted molar refractivity (Wildman–Crippen MR) is 76.1 cm³/mol. The molecule has 0 aliphatic heterocycles. The Morgan fingerprint density at radius 1 is 1.00 bits per heavy atom. The molecule has 10 heavy (non-hydrogen) atoms. The standard InChI is InChI=1S/4HI.H3O4P.Sn/c;;;;1-5(2,3)4;/h4*1H;(H3,1,2,3,4);/q;;;;;+4/p-4. The fourth-order valence-electron chi connectivity index (χ4n) is 0. The molecule has 0 rings (SSSR count). The van der Waals surface area contributed by atoms with Crippen molar-refractivity contribution < 1.29 is 19.2 Å². The molecule has 10 heteroatoms. The zero-order chi connectivity index (χ0) is 9.00. The summed E-state index contributed by atoms with van der Waals surface area (Å²) in [5.74, 6) is 0. The van der Waals surface area contributed by atoms with Crippen LogP contribution in [0.1, 0.15) is 0 Å². The molecule has 0 radical (unpaired) electrons. The molecule has 64 valence electrons. The average molecular weight is 724 g/mol. The molecule has 0 heterocycles. The molecule has 0 fully saturated rings. The van der Waals surface area contributed by atoms with Gasteiger partial charge in [-0.3, -0.25) is 0 Å². The van der Waals surface area contributed by atoms with Crippen molar-refractivity contribution in [3.63, 3.8) is 0 Å². The summed E-state index contributed by atoms with van der Waals surface area (Å²) in [5, 5.41) is 0. The fraction of sp³-hybridized carbons (Fsp3) is 0. The van der Waals surface area contributed by atoms with E-state index in [1.54, 1.807) is 0 Å². The third kappa shape index (κ3) is 94.6. The molecule has 0 spiro atoms. The molecule has 0 saturated carbocycles. The van der Waals surface area contributed by atoms with Crippen molar-refractivity contribution in [1.29, 1.82) is 0 Å². The number of phosphoric acid groups is 1. The number of halogens is 4. The van der Waals surface area contributed by atoms with Gasteiger partial charge in [-0.05, 0) is 0 Å². The van der Waals surface area contributed by atoms with E-state index in [4.69, 9.17) is 19.2 Å².